The van der Waals surface area contributed by atoms with Gasteiger partial charge in [-0.2, -0.15) is 0 Å². The lowest BCUT2D eigenvalue weighted by Gasteiger charge is -2.09. The molecule has 0 radical (unpaired) electrons. The van der Waals surface area contributed by atoms with Crippen LogP contribution in [0.15, 0.2) is 59.7 Å². The number of benzene rings is 1. The maximum atomic E-state index is 12.1. The van der Waals surface area contributed by atoms with Crippen molar-refractivity contribution in [2.45, 2.75) is 13.5 Å². The molecule has 0 aliphatic rings. The van der Waals surface area contributed by atoms with Crippen molar-refractivity contribution in [1.29, 1.82) is 0 Å². The van der Waals surface area contributed by atoms with E-state index in [9.17, 15) is 4.79 Å². The first-order valence-electron chi connectivity index (χ1n) is 8.17. The fourth-order valence-electron chi connectivity index (χ4n) is 2.68. The highest BCUT2D eigenvalue weighted by Crippen LogP contribution is 2.17. The van der Waals surface area contributed by atoms with E-state index in [4.69, 9.17) is 0 Å². The van der Waals surface area contributed by atoms with E-state index in [0.717, 1.165) is 11.3 Å². The third kappa shape index (κ3) is 3.27. The molecule has 0 saturated heterocycles. The molecule has 0 saturated carbocycles. The van der Waals surface area contributed by atoms with Gasteiger partial charge in [-0.05, 0) is 31.2 Å². The highest BCUT2D eigenvalue weighted by molar-refractivity contribution is 5.77. The second-order valence-electron chi connectivity index (χ2n) is 5.84. The molecule has 0 fully saturated rings. The Morgan fingerprint density at radius 3 is 2.69 bits per heavy atom. The van der Waals surface area contributed by atoms with Gasteiger partial charge in [0.25, 0.3) is 5.56 Å². The van der Waals surface area contributed by atoms with Crippen molar-refractivity contribution in [2.75, 3.05) is 5.32 Å². The summed E-state index contributed by atoms with van der Waals surface area (Å²) in [6.07, 6.45) is 3.41. The molecule has 0 bridgehead atoms. The van der Waals surface area contributed by atoms with Crippen LogP contribution >= 0.6 is 0 Å². The van der Waals surface area contributed by atoms with Gasteiger partial charge in [0, 0.05) is 29.7 Å². The van der Waals surface area contributed by atoms with E-state index < -0.39 is 0 Å². The summed E-state index contributed by atoms with van der Waals surface area (Å²) in [5, 5.41) is 3.78. The largest absolute Gasteiger partial charge is 0.363 e. The molecule has 0 unspecified atom stereocenters. The number of aromatic nitrogens is 5. The van der Waals surface area contributed by atoms with Gasteiger partial charge >= 0.3 is 0 Å². The first-order chi connectivity index (χ1) is 12.7. The standard InChI is InChI=1S/C19H16N6O/c1-12-10-16(24-18(22-12)13-6-8-20-9-7-13)21-11-17-23-15-5-3-2-4-14(15)19(26)25-17/h2-10H,11H2,1H3,(H,21,22,24)(H,23,25,26). The minimum Gasteiger partial charge on any atom is -0.363 e. The molecule has 0 aliphatic carbocycles. The lowest BCUT2D eigenvalue weighted by Crippen LogP contribution is -2.15. The smallest absolute Gasteiger partial charge is 0.258 e. The SMILES string of the molecule is Cc1cc(NCc2nc3ccccc3c(=O)[nH]2)nc(-c2ccncc2)n1. The second-order valence-corrected chi connectivity index (χ2v) is 5.84. The average Bonchev–Trinajstić information content (AvgIpc) is 2.67. The number of hydrogen-bond donors (Lipinski definition) is 2. The van der Waals surface area contributed by atoms with Gasteiger partial charge in [-0.1, -0.05) is 12.1 Å². The highest BCUT2D eigenvalue weighted by atomic mass is 16.1. The van der Waals surface area contributed by atoms with Crippen molar-refractivity contribution in [1.82, 2.24) is 24.9 Å². The van der Waals surface area contributed by atoms with E-state index in [1.807, 2.05) is 43.3 Å². The zero-order valence-corrected chi connectivity index (χ0v) is 14.1. The summed E-state index contributed by atoms with van der Waals surface area (Å²) in [7, 11) is 0. The van der Waals surface area contributed by atoms with Gasteiger partial charge in [-0.25, -0.2) is 15.0 Å². The summed E-state index contributed by atoms with van der Waals surface area (Å²) in [5.74, 6) is 1.84. The van der Waals surface area contributed by atoms with Gasteiger partial charge in [0.15, 0.2) is 5.82 Å². The van der Waals surface area contributed by atoms with Gasteiger partial charge < -0.3 is 10.3 Å². The molecule has 3 aromatic heterocycles. The molecule has 4 rings (SSSR count). The van der Waals surface area contributed by atoms with Crippen LogP contribution in [0.25, 0.3) is 22.3 Å². The maximum Gasteiger partial charge on any atom is 0.258 e. The molecule has 0 aliphatic heterocycles. The Labute approximate surface area is 149 Å². The van der Waals surface area contributed by atoms with E-state index in [0.29, 0.717) is 34.9 Å². The summed E-state index contributed by atoms with van der Waals surface area (Å²) in [6, 6.07) is 12.8. The number of H-pyrrole nitrogens is 1. The molecule has 26 heavy (non-hydrogen) atoms. The Hall–Kier alpha value is -3.61. The van der Waals surface area contributed by atoms with E-state index in [2.05, 4.69) is 30.2 Å². The number of pyridine rings is 1. The van der Waals surface area contributed by atoms with Crippen LogP contribution in [-0.2, 0) is 6.54 Å². The van der Waals surface area contributed by atoms with Crippen molar-refractivity contribution in [3.8, 4) is 11.4 Å². The predicted octanol–water partition coefficient (Wildman–Crippen LogP) is 2.70. The lowest BCUT2D eigenvalue weighted by molar-refractivity contribution is 0.941. The Bertz CT molecular complexity index is 1120. The Kier molecular flexibility index (Phi) is 4.10. The van der Waals surface area contributed by atoms with Gasteiger partial charge in [0.05, 0.1) is 17.4 Å². The van der Waals surface area contributed by atoms with Crippen LogP contribution in [0.4, 0.5) is 5.82 Å². The molecule has 7 heteroatoms. The fourth-order valence-corrected chi connectivity index (χ4v) is 2.68. The topological polar surface area (TPSA) is 96.5 Å². The second kappa shape index (κ2) is 6.72. The number of aromatic amines is 1. The van der Waals surface area contributed by atoms with Gasteiger partial charge in [-0.3, -0.25) is 9.78 Å². The zero-order chi connectivity index (χ0) is 17.9. The summed E-state index contributed by atoms with van der Waals surface area (Å²) in [5.41, 5.74) is 2.26. The average molecular weight is 344 g/mol. The van der Waals surface area contributed by atoms with Crippen molar-refractivity contribution < 1.29 is 0 Å². The normalized spacial score (nSPS) is 10.8. The molecule has 2 N–H and O–H groups in total. The van der Waals surface area contributed by atoms with E-state index >= 15 is 0 Å². The molecule has 0 atom stereocenters. The van der Waals surface area contributed by atoms with Gasteiger partial charge in [0.1, 0.15) is 11.6 Å². The van der Waals surface area contributed by atoms with Crippen LogP contribution in [0.2, 0.25) is 0 Å². The molecule has 3 heterocycles. The number of anilines is 1. The minimum atomic E-state index is -0.149. The summed E-state index contributed by atoms with van der Waals surface area (Å²) in [4.78, 5) is 32.4. The van der Waals surface area contributed by atoms with Gasteiger partial charge in [0.2, 0.25) is 0 Å². The number of nitrogens with zero attached hydrogens (tertiary/aromatic N) is 4. The van der Waals surface area contributed by atoms with E-state index in [1.165, 1.54) is 0 Å². The first kappa shape index (κ1) is 15.9. The molecular weight excluding hydrogens is 328 g/mol. The van der Waals surface area contributed by atoms with Crippen LogP contribution in [0.5, 0.6) is 0 Å². The Morgan fingerprint density at radius 2 is 1.85 bits per heavy atom. The number of hydrogen-bond acceptors (Lipinski definition) is 6. The van der Waals surface area contributed by atoms with Crippen molar-refractivity contribution in [2.24, 2.45) is 0 Å². The van der Waals surface area contributed by atoms with Gasteiger partial charge in [-0.15, -0.1) is 0 Å². The van der Waals surface area contributed by atoms with Crippen LogP contribution in [0.3, 0.4) is 0 Å². The molecule has 4 aromatic rings. The maximum absolute atomic E-state index is 12.1. The molecule has 128 valence electrons. The third-order valence-electron chi connectivity index (χ3n) is 3.89. The summed E-state index contributed by atoms with van der Waals surface area (Å²) in [6.45, 7) is 2.26. The molecule has 7 nitrogen and oxygen atoms in total. The summed E-state index contributed by atoms with van der Waals surface area (Å²) < 4.78 is 0. The monoisotopic (exact) mass is 344 g/mol. The molecular formula is C19H16N6O. The Morgan fingerprint density at radius 1 is 1.04 bits per heavy atom. The first-order valence-corrected chi connectivity index (χ1v) is 8.17. The number of nitrogens with one attached hydrogen (secondary N) is 2. The molecule has 0 amide bonds. The molecule has 1 aromatic carbocycles. The lowest BCUT2D eigenvalue weighted by atomic mass is 10.2. The third-order valence-corrected chi connectivity index (χ3v) is 3.89. The van der Waals surface area contributed by atoms with Crippen molar-refractivity contribution in [3.63, 3.8) is 0 Å². The number of aryl methyl sites for hydroxylation is 1. The van der Waals surface area contributed by atoms with E-state index in [-0.39, 0.29) is 5.56 Å². The zero-order valence-electron chi connectivity index (χ0n) is 14.1. The predicted molar refractivity (Wildman–Crippen MR) is 99.7 cm³/mol. The van der Waals surface area contributed by atoms with Crippen LogP contribution in [0.1, 0.15) is 11.5 Å². The number of para-hydroxylation sites is 1. The van der Waals surface area contributed by atoms with Crippen LogP contribution in [-0.4, -0.2) is 24.9 Å². The van der Waals surface area contributed by atoms with Crippen molar-refractivity contribution in [3.05, 3.63) is 76.7 Å². The minimum absolute atomic E-state index is 0.149. The Balaban J connectivity index is 1.60. The number of fused-ring (bicyclic) bond motifs is 1. The fraction of sp³-hybridized carbons (Fsp3) is 0.105. The van der Waals surface area contributed by atoms with E-state index in [1.54, 1.807) is 18.5 Å². The van der Waals surface area contributed by atoms with Crippen molar-refractivity contribution >= 4 is 16.7 Å². The quantitative estimate of drug-likeness (QED) is 0.591. The van der Waals surface area contributed by atoms with Crippen LogP contribution < -0.4 is 10.9 Å². The highest BCUT2D eigenvalue weighted by Gasteiger charge is 2.07. The number of rotatable bonds is 4. The van der Waals surface area contributed by atoms with Crippen LogP contribution in [0, 0.1) is 6.92 Å². The molecule has 0 spiro atoms. The summed E-state index contributed by atoms with van der Waals surface area (Å²) >= 11 is 0.